The lowest BCUT2D eigenvalue weighted by Crippen LogP contribution is -2.44. The highest BCUT2D eigenvalue weighted by molar-refractivity contribution is 5.22. The van der Waals surface area contributed by atoms with E-state index in [1.165, 1.54) is 12.0 Å². The van der Waals surface area contributed by atoms with Crippen LogP contribution < -0.4 is 5.32 Å². The van der Waals surface area contributed by atoms with Gasteiger partial charge in [-0.05, 0) is 18.8 Å². The standard InChI is InChI=1S/C9H15NO/c1-6-2-3-7-4-5-10-8(7)9(6)11/h4,6,8-11H,2-3,5H2,1H3. The van der Waals surface area contributed by atoms with E-state index in [-0.39, 0.29) is 12.1 Å². The number of hydrogen-bond donors (Lipinski definition) is 2. The maximum Gasteiger partial charge on any atom is 0.0757 e. The molecule has 2 heteroatoms. The third-order valence-corrected chi connectivity index (χ3v) is 2.91. The Balaban J connectivity index is 2.14. The molecule has 0 aromatic heterocycles. The zero-order valence-corrected chi connectivity index (χ0v) is 6.88. The summed E-state index contributed by atoms with van der Waals surface area (Å²) >= 11 is 0. The van der Waals surface area contributed by atoms with E-state index in [0.717, 1.165) is 13.0 Å². The molecular formula is C9H15NO. The Morgan fingerprint density at radius 1 is 1.64 bits per heavy atom. The fourth-order valence-corrected chi connectivity index (χ4v) is 2.07. The van der Waals surface area contributed by atoms with Gasteiger partial charge >= 0.3 is 0 Å². The molecule has 1 aliphatic carbocycles. The molecule has 0 aromatic carbocycles. The molecule has 0 radical (unpaired) electrons. The van der Waals surface area contributed by atoms with E-state index in [0.29, 0.717) is 5.92 Å². The van der Waals surface area contributed by atoms with Crippen molar-refractivity contribution in [2.75, 3.05) is 6.54 Å². The SMILES string of the molecule is CC1CCC2=CCNC2C1O. The molecule has 0 saturated heterocycles. The molecule has 62 valence electrons. The first kappa shape index (κ1) is 7.32. The third kappa shape index (κ3) is 1.10. The van der Waals surface area contributed by atoms with E-state index in [4.69, 9.17) is 0 Å². The van der Waals surface area contributed by atoms with Crippen molar-refractivity contribution in [2.24, 2.45) is 5.92 Å². The summed E-state index contributed by atoms with van der Waals surface area (Å²) in [5.41, 5.74) is 1.43. The monoisotopic (exact) mass is 153 g/mol. The van der Waals surface area contributed by atoms with Gasteiger partial charge in [0.25, 0.3) is 0 Å². The number of rotatable bonds is 0. The summed E-state index contributed by atoms with van der Waals surface area (Å²) in [4.78, 5) is 0. The quantitative estimate of drug-likeness (QED) is 0.501. The maximum absolute atomic E-state index is 9.74. The molecule has 0 spiro atoms. The summed E-state index contributed by atoms with van der Waals surface area (Å²) in [6.07, 6.45) is 4.39. The topological polar surface area (TPSA) is 32.3 Å². The minimum Gasteiger partial charge on any atom is -0.391 e. The molecule has 3 atom stereocenters. The van der Waals surface area contributed by atoms with Crippen molar-refractivity contribution in [3.05, 3.63) is 11.6 Å². The zero-order valence-electron chi connectivity index (χ0n) is 6.88. The van der Waals surface area contributed by atoms with Gasteiger partial charge in [-0.25, -0.2) is 0 Å². The molecule has 2 nitrogen and oxygen atoms in total. The smallest absolute Gasteiger partial charge is 0.0757 e. The Kier molecular flexibility index (Phi) is 1.74. The van der Waals surface area contributed by atoms with Crippen molar-refractivity contribution in [3.63, 3.8) is 0 Å². The van der Waals surface area contributed by atoms with E-state index < -0.39 is 0 Å². The largest absolute Gasteiger partial charge is 0.391 e. The molecule has 3 unspecified atom stereocenters. The lowest BCUT2D eigenvalue weighted by atomic mass is 9.82. The number of hydrogen-bond acceptors (Lipinski definition) is 2. The van der Waals surface area contributed by atoms with E-state index in [1.54, 1.807) is 0 Å². The summed E-state index contributed by atoms with van der Waals surface area (Å²) < 4.78 is 0. The summed E-state index contributed by atoms with van der Waals surface area (Å²) in [7, 11) is 0. The normalized spacial score (nSPS) is 43.5. The van der Waals surface area contributed by atoms with Gasteiger partial charge in [-0.2, -0.15) is 0 Å². The Bertz CT molecular complexity index is 188. The maximum atomic E-state index is 9.74. The second-order valence-electron chi connectivity index (χ2n) is 3.67. The summed E-state index contributed by atoms with van der Waals surface area (Å²) in [5, 5.41) is 13.0. The van der Waals surface area contributed by atoms with Crippen LogP contribution in [0.25, 0.3) is 0 Å². The highest BCUT2D eigenvalue weighted by atomic mass is 16.3. The van der Waals surface area contributed by atoms with Crippen LogP contribution in [-0.4, -0.2) is 23.8 Å². The average Bonchev–Trinajstić information content (AvgIpc) is 2.45. The van der Waals surface area contributed by atoms with Crippen molar-refractivity contribution < 1.29 is 5.11 Å². The van der Waals surface area contributed by atoms with Crippen LogP contribution >= 0.6 is 0 Å². The van der Waals surface area contributed by atoms with Gasteiger partial charge < -0.3 is 10.4 Å². The zero-order chi connectivity index (χ0) is 7.84. The van der Waals surface area contributed by atoms with Gasteiger partial charge in [0, 0.05) is 6.54 Å². The Morgan fingerprint density at radius 2 is 2.45 bits per heavy atom. The number of fused-ring (bicyclic) bond motifs is 1. The molecule has 2 rings (SSSR count). The van der Waals surface area contributed by atoms with Gasteiger partial charge in [0.1, 0.15) is 0 Å². The van der Waals surface area contributed by atoms with Crippen LogP contribution in [0, 0.1) is 5.92 Å². The average molecular weight is 153 g/mol. The molecule has 0 amide bonds. The molecule has 1 aliphatic heterocycles. The van der Waals surface area contributed by atoms with Crippen molar-refractivity contribution in [2.45, 2.75) is 31.9 Å². The molecule has 1 saturated carbocycles. The van der Waals surface area contributed by atoms with Gasteiger partial charge in [-0.1, -0.05) is 18.6 Å². The van der Waals surface area contributed by atoms with Crippen LogP contribution in [0.15, 0.2) is 11.6 Å². The molecule has 1 heterocycles. The third-order valence-electron chi connectivity index (χ3n) is 2.91. The van der Waals surface area contributed by atoms with Gasteiger partial charge in [0.2, 0.25) is 0 Å². The van der Waals surface area contributed by atoms with Gasteiger partial charge in [-0.3, -0.25) is 0 Å². The van der Waals surface area contributed by atoms with Crippen LogP contribution in [0.4, 0.5) is 0 Å². The van der Waals surface area contributed by atoms with Crippen molar-refractivity contribution in [3.8, 4) is 0 Å². The lowest BCUT2D eigenvalue weighted by molar-refractivity contribution is 0.0733. The Hall–Kier alpha value is -0.340. The number of aliphatic hydroxyl groups is 1. The molecule has 0 bridgehead atoms. The minimum atomic E-state index is -0.155. The van der Waals surface area contributed by atoms with Crippen LogP contribution in [0.1, 0.15) is 19.8 Å². The first-order chi connectivity index (χ1) is 5.29. The molecular weight excluding hydrogens is 138 g/mol. The van der Waals surface area contributed by atoms with Crippen molar-refractivity contribution in [1.82, 2.24) is 5.32 Å². The molecule has 2 aliphatic rings. The van der Waals surface area contributed by atoms with Gasteiger partial charge in [0.05, 0.1) is 12.1 Å². The van der Waals surface area contributed by atoms with Crippen LogP contribution in [-0.2, 0) is 0 Å². The van der Waals surface area contributed by atoms with E-state index >= 15 is 0 Å². The van der Waals surface area contributed by atoms with Crippen LogP contribution in [0.2, 0.25) is 0 Å². The molecule has 0 aromatic rings. The predicted molar refractivity (Wildman–Crippen MR) is 44.3 cm³/mol. The fraction of sp³-hybridized carbons (Fsp3) is 0.778. The van der Waals surface area contributed by atoms with Crippen LogP contribution in [0.3, 0.4) is 0 Å². The second kappa shape index (κ2) is 2.61. The van der Waals surface area contributed by atoms with E-state index in [2.05, 4.69) is 18.3 Å². The van der Waals surface area contributed by atoms with Crippen molar-refractivity contribution >= 4 is 0 Å². The first-order valence-corrected chi connectivity index (χ1v) is 4.39. The number of aliphatic hydroxyl groups excluding tert-OH is 1. The summed E-state index contributed by atoms with van der Waals surface area (Å²) in [6, 6.07) is 0.277. The lowest BCUT2D eigenvalue weighted by Gasteiger charge is -2.32. The van der Waals surface area contributed by atoms with E-state index in [9.17, 15) is 5.11 Å². The highest BCUT2D eigenvalue weighted by Gasteiger charge is 2.33. The number of nitrogens with one attached hydrogen (secondary N) is 1. The van der Waals surface area contributed by atoms with Gasteiger partial charge in [0.15, 0.2) is 0 Å². The molecule has 1 fully saturated rings. The summed E-state index contributed by atoms with van der Waals surface area (Å²) in [6.45, 7) is 3.07. The van der Waals surface area contributed by atoms with Gasteiger partial charge in [-0.15, -0.1) is 0 Å². The van der Waals surface area contributed by atoms with Crippen LogP contribution in [0.5, 0.6) is 0 Å². The second-order valence-corrected chi connectivity index (χ2v) is 3.67. The predicted octanol–water partition coefficient (Wildman–Crippen LogP) is 0.675. The Labute approximate surface area is 67.3 Å². The van der Waals surface area contributed by atoms with E-state index in [1.807, 2.05) is 0 Å². The fourth-order valence-electron chi connectivity index (χ4n) is 2.07. The molecule has 11 heavy (non-hydrogen) atoms. The molecule has 2 N–H and O–H groups in total. The summed E-state index contributed by atoms with van der Waals surface area (Å²) in [5.74, 6) is 0.461. The Morgan fingerprint density at radius 3 is 3.27 bits per heavy atom. The van der Waals surface area contributed by atoms with Crippen molar-refractivity contribution in [1.29, 1.82) is 0 Å². The minimum absolute atomic E-state index is 0.155. The highest BCUT2D eigenvalue weighted by Crippen LogP contribution is 2.30. The first-order valence-electron chi connectivity index (χ1n) is 4.39.